The van der Waals surface area contributed by atoms with E-state index >= 15 is 0 Å². The number of halogens is 1. The molecular weight excluding hydrogens is 390 g/mol. The van der Waals surface area contributed by atoms with Gasteiger partial charge in [0.1, 0.15) is 18.2 Å². The van der Waals surface area contributed by atoms with Crippen LogP contribution in [0.1, 0.15) is 25.8 Å². The van der Waals surface area contributed by atoms with Gasteiger partial charge in [-0.25, -0.2) is 9.59 Å². The van der Waals surface area contributed by atoms with Gasteiger partial charge in [0.05, 0.1) is 13.7 Å². The topological polar surface area (TPSA) is 76.1 Å². The molecule has 1 N–H and O–H groups in total. The monoisotopic (exact) mass is 413 g/mol. The van der Waals surface area contributed by atoms with Crippen molar-refractivity contribution in [3.63, 3.8) is 0 Å². The molecule has 0 radical (unpaired) electrons. The number of ether oxygens (including phenoxy) is 2. The van der Waals surface area contributed by atoms with Gasteiger partial charge >= 0.3 is 12.1 Å². The quantitative estimate of drug-likeness (QED) is 0.605. The van der Waals surface area contributed by atoms with Crippen molar-refractivity contribution in [2.75, 3.05) is 20.3 Å². The van der Waals surface area contributed by atoms with E-state index in [9.17, 15) is 14.7 Å². The number of methoxy groups -OCH3 is 1. The molecule has 1 heterocycles. The summed E-state index contributed by atoms with van der Waals surface area (Å²) in [5.41, 5.74) is -0.721. The Balaban J connectivity index is 0.00000151. The fourth-order valence-electron chi connectivity index (χ4n) is 2.61. The summed E-state index contributed by atoms with van der Waals surface area (Å²) in [6.45, 7) is 7.45. The number of amides is 1. The Morgan fingerprint density at radius 3 is 2.52 bits per heavy atom. The number of esters is 1. The van der Waals surface area contributed by atoms with E-state index < -0.39 is 23.7 Å². The van der Waals surface area contributed by atoms with Crippen molar-refractivity contribution in [2.45, 2.75) is 31.9 Å². The molecule has 138 valence electrons. The van der Waals surface area contributed by atoms with Crippen LogP contribution in [0.4, 0.5) is 4.79 Å². The third-order valence-corrected chi connectivity index (χ3v) is 4.28. The van der Waals surface area contributed by atoms with Gasteiger partial charge in [-0.2, -0.15) is 0 Å². The molecule has 1 fully saturated rings. The lowest BCUT2D eigenvalue weighted by molar-refractivity contribution is -0.145. The average Bonchev–Trinajstić information content (AvgIpc) is 3.00. The molecule has 1 amide bonds. The van der Waals surface area contributed by atoms with Crippen LogP contribution in [-0.4, -0.2) is 48.4 Å². The van der Waals surface area contributed by atoms with Gasteiger partial charge in [0.2, 0.25) is 0 Å². The summed E-state index contributed by atoms with van der Waals surface area (Å²) >= 11 is 3.33. The number of rotatable bonds is 4. The van der Waals surface area contributed by atoms with Crippen LogP contribution in [0, 0.1) is 0 Å². The third-order valence-electron chi connectivity index (χ3n) is 3.75. The van der Waals surface area contributed by atoms with E-state index in [0.29, 0.717) is 5.56 Å². The Hall–Kier alpha value is -1.86. The van der Waals surface area contributed by atoms with Crippen molar-refractivity contribution < 1.29 is 24.2 Å². The molecule has 25 heavy (non-hydrogen) atoms. The largest absolute Gasteiger partial charge is 0.467 e. The van der Waals surface area contributed by atoms with Gasteiger partial charge in [-0.15, -0.1) is 0 Å². The Kier molecular flexibility index (Phi) is 8.12. The molecule has 0 bridgehead atoms. The first-order valence-electron chi connectivity index (χ1n) is 8.02. The van der Waals surface area contributed by atoms with E-state index in [1.165, 1.54) is 18.1 Å². The van der Waals surface area contributed by atoms with E-state index in [1.807, 2.05) is 13.8 Å². The summed E-state index contributed by atoms with van der Waals surface area (Å²) < 4.78 is 10.6. The summed E-state index contributed by atoms with van der Waals surface area (Å²) in [5, 5.41) is 10.9. The lowest BCUT2D eigenvalue weighted by Crippen LogP contribution is -2.41. The smallest absolute Gasteiger partial charge is 0.410 e. The van der Waals surface area contributed by atoms with Crippen molar-refractivity contribution >= 4 is 28.0 Å². The third kappa shape index (κ3) is 5.06. The van der Waals surface area contributed by atoms with Crippen LogP contribution in [0.15, 0.2) is 41.4 Å². The number of carbonyl (C=O) groups excluding carboxylic acids is 2. The van der Waals surface area contributed by atoms with Gasteiger partial charge in [0, 0.05) is 10.9 Å². The van der Waals surface area contributed by atoms with Crippen molar-refractivity contribution in [3.8, 4) is 0 Å². The standard InChI is InChI=1S/C16H18BrNO5.C2H6/c1-3-8-23-15(20)18-10-16(21,9-13(18)14(19)22-2)11-4-6-12(17)7-5-11;1-2/h3-7,13,21H,1,8-10H2,2H3;1-2H3/t13?,16-;/m0./s1. The molecule has 2 rings (SSSR count). The normalized spacial score (nSPS) is 21.8. The van der Waals surface area contributed by atoms with E-state index in [0.717, 1.165) is 4.47 Å². The number of aliphatic hydroxyl groups is 1. The SMILES string of the molecule is C=CCOC(=O)N1C[C@](O)(c2ccc(Br)cc2)CC1C(=O)OC.CC. The van der Waals surface area contributed by atoms with E-state index in [2.05, 4.69) is 22.5 Å². The number of carbonyl (C=O) groups is 2. The summed E-state index contributed by atoms with van der Waals surface area (Å²) in [4.78, 5) is 25.3. The minimum Gasteiger partial charge on any atom is -0.467 e. The number of benzene rings is 1. The van der Waals surface area contributed by atoms with E-state index in [4.69, 9.17) is 9.47 Å². The van der Waals surface area contributed by atoms with E-state index in [-0.39, 0.29) is 19.6 Å². The molecule has 1 aliphatic heterocycles. The molecule has 0 aromatic heterocycles. The highest BCUT2D eigenvalue weighted by molar-refractivity contribution is 9.10. The van der Waals surface area contributed by atoms with Crippen LogP contribution in [0.3, 0.4) is 0 Å². The van der Waals surface area contributed by atoms with Gasteiger partial charge in [-0.05, 0) is 17.7 Å². The van der Waals surface area contributed by atoms with Crippen molar-refractivity contribution in [1.82, 2.24) is 4.90 Å². The van der Waals surface area contributed by atoms with Crippen LogP contribution in [0.5, 0.6) is 0 Å². The number of β-amino-alcohol motifs (C(OH)–C–C–N with tert-alkyl or cyclic N) is 1. The average molecular weight is 414 g/mol. The first-order valence-corrected chi connectivity index (χ1v) is 8.81. The van der Waals surface area contributed by atoms with Gasteiger partial charge < -0.3 is 14.6 Å². The maximum Gasteiger partial charge on any atom is 0.410 e. The highest BCUT2D eigenvalue weighted by atomic mass is 79.9. The van der Waals surface area contributed by atoms with Crippen molar-refractivity contribution in [3.05, 3.63) is 47.0 Å². The minimum atomic E-state index is -1.34. The summed E-state index contributed by atoms with van der Waals surface area (Å²) in [6.07, 6.45) is 0.792. The van der Waals surface area contributed by atoms with Crippen LogP contribution in [-0.2, 0) is 19.9 Å². The Morgan fingerprint density at radius 2 is 2.00 bits per heavy atom. The maximum atomic E-state index is 12.1. The molecular formula is C18H24BrNO5. The van der Waals surface area contributed by atoms with Crippen LogP contribution >= 0.6 is 15.9 Å². The number of likely N-dealkylation sites (tertiary alicyclic amines) is 1. The number of hydrogen-bond donors (Lipinski definition) is 1. The first kappa shape index (κ1) is 21.2. The molecule has 2 atom stereocenters. The van der Waals surface area contributed by atoms with Crippen LogP contribution in [0.2, 0.25) is 0 Å². The van der Waals surface area contributed by atoms with E-state index in [1.54, 1.807) is 24.3 Å². The van der Waals surface area contributed by atoms with Gasteiger partial charge in [-0.3, -0.25) is 4.90 Å². The highest BCUT2D eigenvalue weighted by Gasteiger charge is 2.50. The van der Waals surface area contributed by atoms with Crippen LogP contribution < -0.4 is 0 Å². The molecule has 0 spiro atoms. The summed E-state index contributed by atoms with van der Waals surface area (Å²) in [5.74, 6) is -0.589. The molecule has 1 aromatic rings. The van der Waals surface area contributed by atoms with Gasteiger partial charge in [0.25, 0.3) is 0 Å². The second-order valence-electron chi connectivity index (χ2n) is 5.28. The summed E-state index contributed by atoms with van der Waals surface area (Å²) in [6, 6.07) is 6.18. The molecule has 0 aliphatic carbocycles. The molecule has 1 saturated heterocycles. The highest BCUT2D eigenvalue weighted by Crippen LogP contribution is 2.37. The number of hydrogen-bond acceptors (Lipinski definition) is 5. The second-order valence-corrected chi connectivity index (χ2v) is 6.19. The van der Waals surface area contributed by atoms with Crippen LogP contribution in [0.25, 0.3) is 0 Å². The fourth-order valence-corrected chi connectivity index (χ4v) is 2.87. The molecule has 1 aliphatic rings. The first-order chi connectivity index (χ1) is 11.9. The molecule has 6 nitrogen and oxygen atoms in total. The van der Waals surface area contributed by atoms with Gasteiger partial charge in [-0.1, -0.05) is 54.6 Å². The Labute approximate surface area is 156 Å². The zero-order valence-corrected chi connectivity index (χ0v) is 16.3. The molecule has 1 aromatic carbocycles. The summed E-state index contributed by atoms with van der Waals surface area (Å²) in [7, 11) is 1.24. The zero-order chi connectivity index (χ0) is 19.0. The van der Waals surface area contributed by atoms with Crippen molar-refractivity contribution in [1.29, 1.82) is 0 Å². The van der Waals surface area contributed by atoms with Gasteiger partial charge in [0.15, 0.2) is 0 Å². The minimum absolute atomic E-state index is 0.0277. The zero-order valence-electron chi connectivity index (χ0n) is 14.7. The lowest BCUT2D eigenvalue weighted by atomic mass is 9.91. The predicted octanol–water partition coefficient (Wildman–Crippen LogP) is 3.23. The maximum absolute atomic E-state index is 12.1. The Morgan fingerprint density at radius 1 is 1.40 bits per heavy atom. The Bertz CT molecular complexity index is 604. The molecule has 7 heteroatoms. The molecule has 0 saturated carbocycles. The van der Waals surface area contributed by atoms with Crippen molar-refractivity contribution in [2.24, 2.45) is 0 Å². The molecule has 1 unspecified atom stereocenters. The fraction of sp³-hybridized carbons (Fsp3) is 0.444. The second kappa shape index (κ2) is 9.58. The predicted molar refractivity (Wildman–Crippen MR) is 98.1 cm³/mol. The lowest BCUT2D eigenvalue weighted by Gasteiger charge is -2.23. The number of nitrogens with zero attached hydrogens (tertiary/aromatic N) is 1.